The third-order valence-corrected chi connectivity index (χ3v) is 6.27. The van der Waals surface area contributed by atoms with E-state index >= 15 is 0 Å². The van der Waals surface area contributed by atoms with Crippen LogP contribution < -0.4 is 20.7 Å². The zero-order chi connectivity index (χ0) is 24.0. The number of aliphatic imine (C=N–C) groups is 1. The highest BCUT2D eigenvalue weighted by molar-refractivity contribution is 6.35. The van der Waals surface area contributed by atoms with Crippen LogP contribution in [0.15, 0.2) is 23.2 Å². The number of benzene rings is 1. The van der Waals surface area contributed by atoms with Gasteiger partial charge in [0.25, 0.3) is 5.84 Å². The molecule has 1 fully saturated rings. The SMILES string of the molecule is COCCCC[NH+]1C(C(=O)N(CC(C)C)[C@@H]2CNC[C@H](C(N)=O)C2)=Nc2ccc(OC)cc21. The van der Waals surface area contributed by atoms with E-state index in [2.05, 4.69) is 19.2 Å². The molecule has 0 aromatic heterocycles. The molecule has 0 aliphatic carbocycles. The van der Waals surface area contributed by atoms with E-state index in [1.165, 1.54) is 0 Å². The van der Waals surface area contributed by atoms with Gasteiger partial charge in [-0.05, 0) is 37.3 Å². The van der Waals surface area contributed by atoms with Crippen molar-refractivity contribution in [2.45, 2.75) is 39.2 Å². The highest BCUT2D eigenvalue weighted by Crippen LogP contribution is 2.30. The number of amides is 2. The molecule has 2 heterocycles. The molecule has 1 saturated heterocycles. The Bertz CT molecular complexity index is 872. The maximum atomic E-state index is 14.0. The first-order valence-electron chi connectivity index (χ1n) is 11.8. The largest absolute Gasteiger partial charge is 0.497 e. The summed E-state index contributed by atoms with van der Waals surface area (Å²) in [6, 6.07) is 5.62. The van der Waals surface area contributed by atoms with Crippen LogP contribution in [0.2, 0.25) is 0 Å². The Kier molecular flexibility index (Phi) is 8.82. The van der Waals surface area contributed by atoms with Crippen molar-refractivity contribution in [2.75, 3.05) is 47.0 Å². The van der Waals surface area contributed by atoms with Gasteiger partial charge in [-0.15, -0.1) is 0 Å². The Morgan fingerprint density at radius 2 is 2.06 bits per heavy atom. The second-order valence-electron chi connectivity index (χ2n) is 9.27. The first-order chi connectivity index (χ1) is 15.8. The monoisotopic (exact) mass is 460 g/mol. The van der Waals surface area contributed by atoms with Gasteiger partial charge in [-0.1, -0.05) is 13.8 Å². The number of nitrogens with zero attached hydrogens (tertiary/aromatic N) is 2. The van der Waals surface area contributed by atoms with Crippen LogP contribution in [0.3, 0.4) is 0 Å². The zero-order valence-corrected chi connectivity index (χ0v) is 20.2. The molecular formula is C24H38N5O4+. The number of nitrogens with one attached hydrogen (secondary N) is 2. The lowest BCUT2D eigenvalue weighted by atomic mass is 9.93. The predicted molar refractivity (Wildman–Crippen MR) is 127 cm³/mol. The summed E-state index contributed by atoms with van der Waals surface area (Å²) in [6.45, 7) is 7.38. The van der Waals surface area contributed by atoms with Crippen molar-refractivity contribution in [3.05, 3.63) is 18.2 Å². The molecule has 0 saturated carbocycles. The standard InChI is InChI=1S/C24H37N5O4/c1-16(2)15-29(18-11-17(22(25)30)13-26-14-18)24(31)23-27-20-8-7-19(33-4)12-21(20)28(23)9-5-6-10-32-3/h7-8,12,16-18,26H,5-6,9-11,13-15H2,1-4H3,(H2,25,30)/p+1/t17-,18+/m1/s1. The average Bonchev–Trinajstić information content (AvgIpc) is 3.17. The number of fused-ring (bicyclic) bond motifs is 1. The number of hydrogen-bond acceptors (Lipinski definition) is 6. The van der Waals surface area contributed by atoms with Crippen LogP contribution in [0, 0.1) is 11.8 Å². The molecule has 4 N–H and O–H groups in total. The van der Waals surface area contributed by atoms with Crippen LogP contribution in [0.25, 0.3) is 0 Å². The Hall–Kier alpha value is -2.49. The summed E-state index contributed by atoms with van der Waals surface area (Å²) >= 11 is 0. The maximum absolute atomic E-state index is 14.0. The molecule has 182 valence electrons. The molecule has 0 bridgehead atoms. The fourth-order valence-corrected chi connectivity index (χ4v) is 4.58. The summed E-state index contributed by atoms with van der Waals surface area (Å²) in [4.78, 5) is 33.4. The van der Waals surface area contributed by atoms with Crippen molar-refractivity contribution in [1.82, 2.24) is 10.2 Å². The van der Waals surface area contributed by atoms with Gasteiger partial charge in [0.1, 0.15) is 11.4 Å². The van der Waals surface area contributed by atoms with Crippen LogP contribution in [0.1, 0.15) is 33.1 Å². The number of nitrogens with two attached hydrogens (primary N) is 1. The van der Waals surface area contributed by atoms with Gasteiger partial charge < -0.3 is 25.4 Å². The van der Waals surface area contributed by atoms with E-state index in [4.69, 9.17) is 20.2 Å². The van der Waals surface area contributed by atoms with E-state index < -0.39 is 0 Å². The van der Waals surface area contributed by atoms with E-state index in [1.54, 1.807) is 14.2 Å². The molecule has 1 aromatic rings. The number of unbranched alkanes of at least 4 members (excludes halogenated alkanes) is 1. The van der Waals surface area contributed by atoms with Gasteiger partial charge in [-0.2, -0.15) is 4.99 Å². The zero-order valence-electron chi connectivity index (χ0n) is 20.2. The summed E-state index contributed by atoms with van der Waals surface area (Å²) in [5.74, 6) is 0.822. The minimum atomic E-state index is -0.327. The number of carbonyl (C=O) groups is 2. The first kappa shape index (κ1) is 25.1. The third kappa shape index (κ3) is 6.10. The van der Waals surface area contributed by atoms with Crippen LogP contribution in [0.4, 0.5) is 11.4 Å². The number of amidine groups is 1. The second-order valence-corrected chi connectivity index (χ2v) is 9.27. The van der Waals surface area contributed by atoms with Crippen molar-refractivity contribution >= 4 is 29.0 Å². The quantitative estimate of drug-likeness (QED) is 0.420. The number of methoxy groups -OCH3 is 2. The Balaban J connectivity index is 1.88. The van der Waals surface area contributed by atoms with Crippen molar-refractivity contribution < 1.29 is 24.0 Å². The van der Waals surface area contributed by atoms with E-state index in [0.29, 0.717) is 38.5 Å². The number of primary amides is 1. The first-order valence-corrected chi connectivity index (χ1v) is 11.8. The van der Waals surface area contributed by atoms with Gasteiger partial charge in [0, 0.05) is 45.5 Å². The van der Waals surface area contributed by atoms with Gasteiger partial charge in [0.05, 0.1) is 19.6 Å². The van der Waals surface area contributed by atoms with E-state index in [1.807, 2.05) is 23.1 Å². The molecule has 33 heavy (non-hydrogen) atoms. The number of hydrogen-bond donors (Lipinski definition) is 3. The summed E-state index contributed by atoms with van der Waals surface area (Å²) < 4.78 is 10.6. The van der Waals surface area contributed by atoms with E-state index in [0.717, 1.165) is 41.4 Å². The molecule has 2 aliphatic rings. The molecule has 1 unspecified atom stereocenters. The van der Waals surface area contributed by atoms with Gasteiger partial charge in [0.2, 0.25) is 5.91 Å². The highest BCUT2D eigenvalue weighted by atomic mass is 16.5. The van der Waals surface area contributed by atoms with Crippen molar-refractivity contribution in [3.63, 3.8) is 0 Å². The molecule has 0 radical (unpaired) electrons. The molecule has 2 amide bonds. The highest BCUT2D eigenvalue weighted by Gasteiger charge is 2.41. The molecule has 2 aliphatic heterocycles. The molecular weight excluding hydrogens is 422 g/mol. The molecule has 0 spiro atoms. The fraction of sp³-hybridized carbons (Fsp3) is 0.625. The average molecular weight is 461 g/mol. The number of piperidine rings is 1. The minimum absolute atomic E-state index is 0.0856. The van der Waals surface area contributed by atoms with Gasteiger partial charge in [0.15, 0.2) is 5.69 Å². The van der Waals surface area contributed by atoms with E-state index in [-0.39, 0.29) is 29.7 Å². The van der Waals surface area contributed by atoms with Crippen molar-refractivity contribution in [2.24, 2.45) is 22.6 Å². The van der Waals surface area contributed by atoms with Crippen molar-refractivity contribution in [1.29, 1.82) is 0 Å². The van der Waals surface area contributed by atoms with Gasteiger partial charge in [-0.3, -0.25) is 9.59 Å². The minimum Gasteiger partial charge on any atom is -0.497 e. The van der Waals surface area contributed by atoms with Crippen LogP contribution in [0.5, 0.6) is 5.75 Å². The Morgan fingerprint density at radius 1 is 1.27 bits per heavy atom. The van der Waals surface area contributed by atoms with E-state index in [9.17, 15) is 9.59 Å². The maximum Gasteiger partial charge on any atom is 0.329 e. The lowest BCUT2D eigenvalue weighted by Gasteiger charge is -2.38. The summed E-state index contributed by atoms with van der Waals surface area (Å²) in [5.41, 5.74) is 7.33. The number of quaternary nitrogens is 1. The molecule has 1 aromatic carbocycles. The predicted octanol–water partition coefficient (Wildman–Crippen LogP) is 0.630. The van der Waals surface area contributed by atoms with Crippen LogP contribution in [-0.4, -0.2) is 75.6 Å². The molecule has 9 heteroatoms. The smallest absolute Gasteiger partial charge is 0.329 e. The second kappa shape index (κ2) is 11.6. The Morgan fingerprint density at radius 3 is 2.73 bits per heavy atom. The fourth-order valence-electron chi connectivity index (χ4n) is 4.58. The lowest BCUT2D eigenvalue weighted by Crippen LogP contribution is -3.10. The third-order valence-electron chi connectivity index (χ3n) is 6.27. The van der Waals surface area contributed by atoms with Gasteiger partial charge in [-0.25, -0.2) is 4.90 Å². The topological polar surface area (TPSA) is 111 Å². The lowest BCUT2D eigenvalue weighted by molar-refractivity contribution is -0.726. The Labute approximate surface area is 196 Å². The van der Waals surface area contributed by atoms with Crippen molar-refractivity contribution in [3.8, 4) is 5.75 Å². The normalized spacial score (nSPS) is 22.1. The van der Waals surface area contributed by atoms with Crippen LogP contribution in [-0.2, 0) is 14.3 Å². The molecule has 9 nitrogen and oxygen atoms in total. The summed E-state index contributed by atoms with van der Waals surface area (Å²) in [6.07, 6.45) is 2.37. The number of ether oxygens (including phenoxy) is 2. The summed E-state index contributed by atoms with van der Waals surface area (Å²) in [5, 5.41) is 3.29. The van der Waals surface area contributed by atoms with Gasteiger partial charge >= 0.3 is 5.91 Å². The molecule has 3 rings (SSSR count). The van der Waals surface area contributed by atoms with Crippen LogP contribution >= 0.6 is 0 Å². The summed E-state index contributed by atoms with van der Waals surface area (Å²) in [7, 11) is 3.33. The number of carbonyl (C=O) groups excluding carboxylic acids is 2. The number of rotatable bonds is 11. The molecule has 3 atom stereocenters.